The van der Waals surface area contributed by atoms with Crippen LogP contribution in [0.15, 0.2) is 30.5 Å². The first-order valence-corrected chi connectivity index (χ1v) is 18.5. The van der Waals surface area contributed by atoms with E-state index in [0.717, 1.165) is 24.8 Å². The predicted molar refractivity (Wildman–Crippen MR) is 198 cm³/mol. The minimum atomic E-state index is -1.51. The van der Waals surface area contributed by atoms with E-state index in [4.69, 9.17) is 18.9 Å². The van der Waals surface area contributed by atoms with E-state index in [9.17, 15) is 29.0 Å². The molecule has 3 rings (SSSR count). The summed E-state index contributed by atoms with van der Waals surface area (Å²) in [5, 5.41) is 41.5. The van der Waals surface area contributed by atoms with Crippen LogP contribution in [0.25, 0.3) is 11.3 Å². The Balaban J connectivity index is 1.43. The topological polar surface area (TPSA) is 207 Å². The van der Waals surface area contributed by atoms with Gasteiger partial charge in [-0.15, -0.1) is 5.10 Å². The molecular weight excluding hydrogens is 705 g/mol. The summed E-state index contributed by atoms with van der Waals surface area (Å²) >= 11 is 0. The third-order valence-electron chi connectivity index (χ3n) is 9.82. The van der Waals surface area contributed by atoms with E-state index in [2.05, 4.69) is 31.6 Å². The molecule has 2 aromatic rings. The summed E-state index contributed by atoms with van der Waals surface area (Å²) in [6, 6.07) is 6.08. The van der Waals surface area contributed by atoms with E-state index in [-0.39, 0.29) is 30.9 Å². The highest BCUT2D eigenvalue weighted by Gasteiger charge is 2.46. The Morgan fingerprint density at radius 1 is 1.06 bits per heavy atom. The van der Waals surface area contributed by atoms with Crippen molar-refractivity contribution in [3.05, 3.63) is 30.5 Å². The molecule has 54 heavy (non-hydrogen) atoms. The quantitative estimate of drug-likeness (QED) is 0.0706. The molecule has 1 aliphatic rings. The molecular formula is C37H60FN7O9. The van der Waals surface area contributed by atoms with Crippen LogP contribution in [0.2, 0.25) is 0 Å². The second kappa shape index (κ2) is 21.4. The molecule has 0 spiro atoms. The van der Waals surface area contributed by atoms with Gasteiger partial charge in [-0.3, -0.25) is 19.7 Å². The maximum Gasteiger partial charge on any atom is 0.251 e. The number of unbranched alkanes of at least 4 members (excludes halogenated alkanes) is 3. The maximum atomic E-state index is 13.1. The SMILES string of the molecule is CNC(C)(CCNC(=O)C(C)CC(C)(C)C(=O)NCCCCCCOC1OC(Cn2cc(-c3cccc(OC)c3)nn2)C(O)C(O)C1NC(=O)CF)OC. The monoisotopic (exact) mass is 765 g/mol. The molecule has 16 nitrogen and oxygen atoms in total. The summed E-state index contributed by atoms with van der Waals surface area (Å²) in [7, 11) is 4.97. The molecule has 1 aliphatic heterocycles. The van der Waals surface area contributed by atoms with Crippen molar-refractivity contribution in [2.75, 3.05) is 47.6 Å². The number of methoxy groups -OCH3 is 2. The Morgan fingerprint density at radius 3 is 2.48 bits per heavy atom. The van der Waals surface area contributed by atoms with E-state index in [1.807, 2.05) is 39.8 Å². The van der Waals surface area contributed by atoms with E-state index in [1.54, 1.807) is 39.6 Å². The molecule has 1 aromatic carbocycles. The second-order valence-electron chi connectivity index (χ2n) is 14.6. The Morgan fingerprint density at radius 2 is 1.80 bits per heavy atom. The molecule has 7 atom stereocenters. The van der Waals surface area contributed by atoms with E-state index in [0.29, 0.717) is 43.8 Å². The number of alkyl halides is 1. The number of rotatable bonds is 23. The fourth-order valence-electron chi connectivity index (χ4n) is 6.19. The van der Waals surface area contributed by atoms with Crippen molar-refractivity contribution in [3.8, 4) is 17.0 Å². The smallest absolute Gasteiger partial charge is 0.251 e. The molecule has 2 heterocycles. The normalized spacial score (nSPS) is 21.9. The van der Waals surface area contributed by atoms with E-state index < -0.39 is 54.4 Å². The molecule has 304 valence electrons. The first kappa shape index (κ1) is 44.7. The van der Waals surface area contributed by atoms with E-state index >= 15 is 0 Å². The molecule has 3 amide bonds. The molecule has 1 aromatic heterocycles. The zero-order valence-corrected chi connectivity index (χ0v) is 32.6. The van der Waals surface area contributed by atoms with Crippen LogP contribution >= 0.6 is 0 Å². The van der Waals surface area contributed by atoms with Crippen LogP contribution in [0.3, 0.4) is 0 Å². The van der Waals surface area contributed by atoms with Crippen molar-refractivity contribution in [2.24, 2.45) is 11.3 Å². The number of hydrogen-bond acceptors (Lipinski definition) is 12. The van der Waals surface area contributed by atoms with E-state index in [1.165, 1.54) is 4.68 Å². The van der Waals surface area contributed by atoms with Crippen LogP contribution in [0.5, 0.6) is 5.75 Å². The lowest BCUT2D eigenvalue weighted by Crippen LogP contribution is -2.65. The van der Waals surface area contributed by atoms with Gasteiger partial charge >= 0.3 is 0 Å². The number of carbonyl (C=O) groups excluding carboxylic acids is 3. The molecule has 7 unspecified atom stereocenters. The van der Waals surface area contributed by atoms with Gasteiger partial charge in [-0.2, -0.15) is 0 Å². The van der Waals surface area contributed by atoms with Gasteiger partial charge in [-0.25, -0.2) is 9.07 Å². The Labute approximate surface area is 317 Å². The summed E-state index contributed by atoms with van der Waals surface area (Å²) < 4.78 is 37.2. The van der Waals surface area contributed by atoms with Gasteiger partial charge < -0.3 is 45.1 Å². The van der Waals surface area contributed by atoms with Gasteiger partial charge in [0.25, 0.3) is 5.91 Å². The number of nitrogens with zero attached hydrogens (tertiary/aromatic N) is 3. The number of aromatic nitrogens is 3. The fraction of sp³-hybridized carbons (Fsp3) is 0.703. The summed E-state index contributed by atoms with van der Waals surface area (Å²) in [5.41, 5.74) is 0.0532. The molecule has 0 saturated carbocycles. The predicted octanol–water partition coefficient (Wildman–Crippen LogP) is 1.69. The minimum absolute atomic E-state index is 0.0127. The lowest BCUT2D eigenvalue weighted by atomic mass is 9.82. The first-order chi connectivity index (χ1) is 25.7. The van der Waals surface area contributed by atoms with Gasteiger partial charge in [-0.1, -0.05) is 51.0 Å². The van der Waals surface area contributed by atoms with Crippen molar-refractivity contribution in [1.82, 2.24) is 36.3 Å². The van der Waals surface area contributed by atoms with Crippen molar-refractivity contribution in [1.29, 1.82) is 0 Å². The highest BCUT2D eigenvalue weighted by molar-refractivity contribution is 5.84. The number of carbonyl (C=O) groups is 3. The number of aliphatic hydroxyl groups is 2. The lowest BCUT2D eigenvalue weighted by Gasteiger charge is -2.42. The average Bonchev–Trinajstić information content (AvgIpc) is 3.64. The van der Waals surface area contributed by atoms with Crippen molar-refractivity contribution in [3.63, 3.8) is 0 Å². The van der Waals surface area contributed by atoms with Crippen LogP contribution in [0.1, 0.15) is 66.2 Å². The maximum absolute atomic E-state index is 13.1. The summed E-state index contributed by atoms with van der Waals surface area (Å²) in [5.74, 6) is -0.911. The molecule has 17 heteroatoms. The van der Waals surface area contributed by atoms with Crippen LogP contribution in [-0.4, -0.2) is 127 Å². The number of nitrogens with one attached hydrogen (secondary N) is 4. The molecule has 0 bridgehead atoms. The second-order valence-corrected chi connectivity index (χ2v) is 14.6. The number of amides is 3. The minimum Gasteiger partial charge on any atom is -0.497 e. The van der Waals surface area contributed by atoms with Gasteiger partial charge in [0, 0.05) is 50.1 Å². The van der Waals surface area contributed by atoms with Crippen LogP contribution < -0.4 is 26.0 Å². The Kier molecular flexibility index (Phi) is 17.7. The Bertz CT molecular complexity index is 1470. The number of hydrogen-bond donors (Lipinski definition) is 6. The number of aliphatic hydroxyl groups excluding tert-OH is 2. The van der Waals surface area contributed by atoms with Crippen LogP contribution in [0.4, 0.5) is 4.39 Å². The van der Waals surface area contributed by atoms with Crippen molar-refractivity contribution >= 4 is 17.7 Å². The molecule has 6 N–H and O–H groups in total. The third kappa shape index (κ3) is 13.2. The highest BCUT2D eigenvalue weighted by atomic mass is 19.1. The zero-order chi connectivity index (χ0) is 39.9. The molecule has 1 saturated heterocycles. The van der Waals surface area contributed by atoms with Crippen LogP contribution in [0, 0.1) is 11.3 Å². The first-order valence-electron chi connectivity index (χ1n) is 18.5. The fourth-order valence-corrected chi connectivity index (χ4v) is 6.19. The Hall–Kier alpha value is -3.74. The molecule has 0 radical (unpaired) electrons. The van der Waals surface area contributed by atoms with Crippen molar-refractivity contribution in [2.45, 2.75) is 109 Å². The van der Waals surface area contributed by atoms with Crippen LogP contribution in [-0.2, 0) is 35.1 Å². The molecule has 0 aliphatic carbocycles. The van der Waals surface area contributed by atoms with Gasteiger partial charge in [0.15, 0.2) is 13.0 Å². The zero-order valence-electron chi connectivity index (χ0n) is 32.6. The molecule has 1 fully saturated rings. The largest absolute Gasteiger partial charge is 0.497 e. The summed E-state index contributed by atoms with van der Waals surface area (Å²) in [4.78, 5) is 37.5. The number of halogens is 1. The van der Waals surface area contributed by atoms with Gasteiger partial charge in [0.2, 0.25) is 11.8 Å². The summed E-state index contributed by atoms with van der Waals surface area (Å²) in [6.45, 7) is 7.19. The van der Waals surface area contributed by atoms with Gasteiger partial charge in [0.1, 0.15) is 41.5 Å². The third-order valence-corrected chi connectivity index (χ3v) is 9.82. The number of benzene rings is 1. The van der Waals surface area contributed by atoms with Gasteiger partial charge in [-0.05, 0) is 45.4 Å². The standard InChI is InChI=1S/C37H60FN7O9/c1-24(33(49)40-17-15-37(4,39-5)52-7)20-36(2,3)35(50)41-16-10-8-9-11-18-53-34-30(42-29(46)21-38)32(48)31(47)28(54-34)23-45-22-27(43-44-45)25-13-12-14-26(19-25)51-6/h12-14,19,22,24,28,30-32,34,39,47-48H,8-11,15-18,20-21,23H2,1-7H3,(H,40,49)(H,41,50)(H,42,46). The lowest BCUT2D eigenvalue weighted by molar-refractivity contribution is -0.267. The number of ether oxygens (including phenoxy) is 4. The van der Waals surface area contributed by atoms with Crippen molar-refractivity contribution < 1.29 is 47.9 Å². The highest BCUT2D eigenvalue weighted by Crippen LogP contribution is 2.27. The summed E-state index contributed by atoms with van der Waals surface area (Å²) in [6.07, 6.45) is 0.403. The van der Waals surface area contributed by atoms with Gasteiger partial charge in [0.05, 0.1) is 19.9 Å². The average molecular weight is 766 g/mol.